The van der Waals surface area contributed by atoms with Gasteiger partial charge in [-0.1, -0.05) is 60.2 Å². The molecule has 0 saturated carbocycles. The summed E-state index contributed by atoms with van der Waals surface area (Å²) in [4.78, 5) is 14.7. The van der Waals surface area contributed by atoms with Gasteiger partial charge in [-0.15, -0.1) is 0 Å². The highest BCUT2D eigenvalue weighted by Crippen LogP contribution is 2.28. The Labute approximate surface area is 185 Å². The first kappa shape index (κ1) is 21.5. The van der Waals surface area contributed by atoms with E-state index in [1.807, 2.05) is 25.1 Å². The summed E-state index contributed by atoms with van der Waals surface area (Å²) in [5.41, 5.74) is 5.84. The third kappa shape index (κ3) is 5.30. The van der Waals surface area contributed by atoms with Crippen LogP contribution in [0.4, 0.5) is 5.82 Å². The van der Waals surface area contributed by atoms with E-state index in [9.17, 15) is 5.11 Å². The summed E-state index contributed by atoms with van der Waals surface area (Å²) in [6.45, 7) is 10.5. The molecule has 0 bridgehead atoms. The zero-order chi connectivity index (χ0) is 21.8. The van der Waals surface area contributed by atoms with Gasteiger partial charge in [0.2, 0.25) is 0 Å². The summed E-state index contributed by atoms with van der Waals surface area (Å²) in [6, 6.07) is 18.9. The third-order valence-electron chi connectivity index (χ3n) is 5.88. The van der Waals surface area contributed by atoms with Gasteiger partial charge in [0.15, 0.2) is 5.82 Å². The number of hydrogen-bond acceptors (Lipinski definition) is 5. The second-order valence-corrected chi connectivity index (χ2v) is 8.60. The van der Waals surface area contributed by atoms with Gasteiger partial charge in [-0.05, 0) is 26.3 Å². The van der Waals surface area contributed by atoms with Crippen LogP contribution in [0.3, 0.4) is 0 Å². The van der Waals surface area contributed by atoms with E-state index in [-0.39, 0.29) is 6.10 Å². The van der Waals surface area contributed by atoms with Crippen LogP contribution in [-0.2, 0) is 6.42 Å². The van der Waals surface area contributed by atoms with Crippen LogP contribution in [0.1, 0.15) is 29.3 Å². The lowest BCUT2D eigenvalue weighted by molar-refractivity contribution is 0.122. The van der Waals surface area contributed by atoms with Crippen molar-refractivity contribution in [1.29, 1.82) is 0 Å². The number of anilines is 1. The fourth-order valence-electron chi connectivity index (χ4n) is 4.31. The topological polar surface area (TPSA) is 52.5 Å². The molecule has 5 heteroatoms. The van der Waals surface area contributed by atoms with Crippen LogP contribution in [0.25, 0.3) is 11.4 Å². The summed E-state index contributed by atoms with van der Waals surface area (Å²) < 4.78 is 0. The van der Waals surface area contributed by atoms with Crippen molar-refractivity contribution in [3.05, 3.63) is 77.0 Å². The van der Waals surface area contributed by atoms with Crippen LogP contribution in [0.5, 0.6) is 0 Å². The fraction of sp³-hybridized carbons (Fsp3) is 0.385. The minimum Gasteiger partial charge on any atom is -0.392 e. The zero-order valence-corrected chi connectivity index (χ0v) is 18.8. The molecule has 162 valence electrons. The monoisotopic (exact) mass is 416 g/mol. The predicted molar refractivity (Wildman–Crippen MR) is 127 cm³/mol. The lowest BCUT2D eigenvalue weighted by Gasteiger charge is -2.37. The number of piperazine rings is 1. The lowest BCUT2D eigenvalue weighted by Crippen LogP contribution is -2.48. The summed E-state index contributed by atoms with van der Waals surface area (Å²) in [5, 5.41) is 9.74. The van der Waals surface area contributed by atoms with Gasteiger partial charge in [-0.3, -0.25) is 4.90 Å². The van der Waals surface area contributed by atoms with Gasteiger partial charge in [0, 0.05) is 56.0 Å². The molecule has 0 spiro atoms. The Morgan fingerprint density at radius 3 is 2.35 bits per heavy atom. The van der Waals surface area contributed by atoms with Crippen LogP contribution < -0.4 is 4.90 Å². The lowest BCUT2D eigenvalue weighted by atomic mass is 10.0. The van der Waals surface area contributed by atoms with E-state index in [2.05, 4.69) is 60.0 Å². The first-order valence-electron chi connectivity index (χ1n) is 11.1. The summed E-state index contributed by atoms with van der Waals surface area (Å²) in [5.74, 6) is 1.83. The molecule has 2 heterocycles. The fourth-order valence-corrected chi connectivity index (χ4v) is 4.31. The molecule has 1 fully saturated rings. The molecule has 1 unspecified atom stereocenters. The van der Waals surface area contributed by atoms with Crippen molar-refractivity contribution in [3.63, 3.8) is 0 Å². The van der Waals surface area contributed by atoms with E-state index >= 15 is 0 Å². The number of aliphatic hydroxyl groups excluding tert-OH is 1. The molecule has 1 atom stereocenters. The number of aromatic nitrogens is 2. The molecule has 2 aromatic carbocycles. The van der Waals surface area contributed by atoms with Crippen LogP contribution in [0.15, 0.2) is 54.6 Å². The standard InChI is InChI=1S/C26H32N4O/c1-19-8-7-9-22(16-19)17-24-21(3)27-25(23-10-5-4-6-11-23)28-26(24)30-14-12-29(13-15-30)18-20(2)31/h4-11,16,20,31H,12-15,17-18H2,1-3H3. The molecule has 1 N–H and O–H groups in total. The Morgan fingerprint density at radius 2 is 1.68 bits per heavy atom. The Morgan fingerprint density at radius 1 is 0.935 bits per heavy atom. The number of benzene rings is 2. The Hall–Kier alpha value is -2.76. The van der Waals surface area contributed by atoms with Crippen molar-refractivity contribution in [1.82, 2.24) is 14.9 Å². The molecular weight excluding hydrogens is 384 g/mol. The number of rotatable bonds is 6. The van der Waals surface area contributed by atoms with Crippen molar-refractivity contribution in [2.45, 2.75) is 33.3 Å². The third-order valence-corrected chi connectivity index (χ3v) is 5.88. The number of hydrogen-bond donors (Lipinski definition) is 1. The van der Waals surface area contributed by atoms with Crippen LogP contribution >= 0.6 is 0 Å². The van der Waals surface area contributed by atoms with E-state index in [0.29, 0.717) is 0 Å². The Kier molecular flexibility index (Phi) is 6.64. The van der Waals surface area contributed by atoms with E-state index in [4.69, 9.17) is 9.97 Å². The number of aryl methyl sites for hydroxylation is 2. The van der Waals surface area contributed by atoms with E-state index in [0.717, 1.165) is 62.0 Å². The maximum absolute atomic E-state index is 9.74. The van der Waals surface area contributed by atoms with Gasteiger partial charge in [0.05, 0.1) is 6.10 Å². The molecule has 1 aliphatic rings. The van der Waals surface area contributed by atoms with Gasteiger partial charge < -0.3 is 10.0 Å². The van der Waals surface area contributed by atoms with Crippen molar-refractivity contribution < 1.29 is 5.11 Å². The van der Waals surface area contributed by atoms with Crippen LogP contribution in [0.2, 0.25) is 0 Å². The molecule has 0 amide bonds. The summed E-state index contributed by atoms with van der Waals surface area (Å²) >= 11 is 0. The Balaban J connectivity index is 1.68. The highest BCUT2D eigenvalue weighted by molar-refractivity contribution is 5.61. The van der Waals surface area contributed by atoms with E-state index < -0.39 is 0 Å². The normalized spacial score (nSPS) is 15.8. The largest absolute Gasteiger partial charge is 0.392 e. The molecule has 0 radical (unpaired) electrons. The molecular formula is C26H32N4O. The highest BCUT2D eigenvalue weighted by atomic mass is 16.3. The summed E-state index contributed by atoms with van der Waals surface area (Å²) in [7, 11) is 0. The first-order chi connectivity index (χ1) is 15.0. The molecule has 1 aliphatic heterocycles. The predicted octanol–water partition coefficient (Wildman–Crippen LogP) is 3.85. The smallest absolute Gasteiger partial charge is 0.161 e. The second kappa shape index (κ2) is 9.58. The van der Waals surface area contributed by atoms with Crippen molar-refractivity contribution in [3.8, 4) is 11.4 Å². The molecule has 5 nitrogen and oxygen atoms in total. The van der Waals surface area contributed by atoms with Gasteiger partial charge in [-0.25, -0.2) is 9.97 Å². The van der Waals surface area contributed by atoms with Crippen molar-refractivity contribution in [2.24, 2.45) is 0 Å². The molecule has 0 aliphatic carbocycles. The van der Waals surface area contributed by atoms with Gasteiger partial charge in [-0.2, -0.15) is 0 Å². The highest BCUT2D eigenvalue weighted by Gasteiger charge is 2.23. The van der Waals surface area contributed by atoms with Crippen molar-refractivity contribution in [2.75, 3.05) is 37.6 Å². The minimum atomic E-state index is -0.297. The maximum Gasteiger partial charge on any atom is 0.161 e. The molecule has 3 aromatic rings. The maximum atomic E-state index is 9.74. The molecule has 1 aromatic heterocycles. The van der Waals surface area contributed by atoms with Gasteiger partial charge in [0.1, 0.15) is 5.82 Å². The average Bonchev–Trinajstić information content (AvgIpc) is 2.76. The van der Waals surface area contributed by atoms with Gasteiger partial charge in [0.25, 0.3) is 0 Å². The van der Waals surface area contributed by atoms with Gasteiger partial charge >= 0.3 is 0 Å². The first-order valence-corrected chi connectivity index (χ1v) is 11.1. The van der Waals surface area contributed by atoms with Crippen molar-refractivity contribution >= 4 is 5.82 Å². The number of nitrogens with zero attached hydrogens (tertiary/aromatic N) is 4. The summed E-state index contributed by atoms with van der Waals surface area (Å²) in [6.07, 6.45) is 0.528. The molecule has 31 heavy (non-hydrogen) atoms. The number of β-amino-alcohol motifs (C(OH)–C–C–N with tert-alkyl or cyclic N) is 1. The number of aliphatic hydroxyl groups is 1. The SMILES string of the molecule is Cc1cccc(Cc2c(C)nc(-c3ccccc3)nc2N2CCN(CC(C)O)CC2)c1. The zero-order valence-electron chi connectivity index (χ0n) is 18.8. The molecule has 1 saturated heterocycles. The quantitative estimate of drug-likeness (QED) is 0.661. The average molecular weight is 417 g/mol. The van der Waals surface area contributed by atoms with E-state index in [1.54, 1.807) is 0 Å². The Bertz CT molecular complexity index is 1010. The molecule has 4 rings (SSSR count). The second-order valence-electron chi connectivity index (χ2n) is 8.60. The van der Waals surface area contributed by atoms with Crippen LogP contribution in [-0.4, -0.2) is 58.8 Å². The minimum absolute atomic E-state index is 0.297. The van der Waals surface area contributed by atoms with Crippen LogP contribution in [0, 0.1) is 13.8 Å². The van der Waals surface area contributed by atoms with E-state index in [1.165, 1.54) is 16.7 Å².